The van der Waals surface area contributed by atoms with Gasteiger partial charge < -0.3 is 15.2 Å². The average molecular weight is 276 g/mol. The van der Waals surface area contributed by atoms with Crippen LogP contribution >= 0.6 is 0 Å². The van der Waals surface area contributed by atoms with Crippen LogP contribution in [0.25, 0.3) is 0 Å². The summed E-state index contributed by atoms with van der Waals surface area (Å²) in [6.45, 7) is 5.38. The van der Waals surface area contributed by atoms with E-state index in [4.69, 9.17) is 4.74 Å². The summed E-state index contributed by atoms with van der Waals surface area (Å²) in [5.74, 6) is 0.496. The average Bonchev–Trinajstić information content (AvgIpc) is 3.04. The van der Waals surface area contributed by atoms with Crippen molar-refractivity contribution in [3.8, 4) is 0 Å². The highest BCUT2D eigenvalue weighted by Crippen LogP contribution is 2.35. The van der Waals surface area contributed by atoms with E-state index in [0.717, 1.165) is 18.7 Å². The van der Waals surface area contributed by atoms with Crippen molar-refractivity contribution in [1.29, 1.82) is 0 Å². The normalized spacial score (nSPS) is 27.8. The van der Waals surface area contributed by atoms with E-state index in [-0.39, 0.29) is 18.2 Å². The quantitative estimate of drug-likeness (QED) is 0.804. The topological polar surface area (TPSA) is 65.1 Å². The molecule has 1 aromatic rings. The predicted molar refractivity (Wildman–Crippen MR) is 73.9 cm³/mol. The Morgan fingerprint density at radius 1 is 1.40 bits per heavy atom. The van der Waals surface area contributed by atoms with Crippen LogP contribution in [0.3, 0.4) is 0 Å². The fraction of sp³-hybridized carbons (Fsp3) is 0.533. The number of benzene rings is 1. The molecule has 2 saturated heterocycles. The third kappa shape index (κ3) is 2.70. The molecule has 5 nitrogen and oxygen atoms in total. The Morgan fingerprint density at radius 2 is 2.00 bits per heavy atom. The number of carbonyl (C=O) groups is 1. The summed E-state index contributed by atoms with van der Waals surface area (Å²) in [6, 6.07) is 8.43. The molecule has 3 atom stereocenters. The van der Waals surface area contributed by atoms with Crippen LogP contribution in [0.2, 0.25) is 0 Å². The van der Waals surface area contributed by atoms with Crippen LogP contribution in [0, 0.1) is 0 Å². The van der Waals surface area contributed by atoms with Gasteiger partial charge in [0.05, 0.1) is 6.04 Å². The van der Waals surface area contributed by atoms with Gasteiger partial charge in [0.25, 0.3) is 0 Å². The van der Waals surface area contributed by atoms with Crippen molar-refractivity contribution in [3.63, 3.8) is 0 Å². The van der Waals surface area contributed by atoms with E-state index in [1.165, 1.54) is 12.5 Å². The molecule has 3 rings (SSSR count). The number of hydrogen-bond acceptors (Lipinski definition) is 4. The summed E-state index contributed by atoms with van der Waals surface area (Å²) < 4.78 is 5.03. The maximum Gasteiger partial charge on any atom is 0.217 e. The number of epoxide rings is 1. The molecular formula is C15H20N2O3. The minimum Gasteiger partial charge on any atom is -0.365 e. The lowest BCUT2D eigenvalue weighted by molar-refractivity contribution is -0.119. The van der Waals surface area contributed by atoms with E-state index in [1.54, 1.807) is 0 Å². The minimum atomic E-state index is -0.586. The molecule has 2 aliphatic rings. The Kier molecular flexibility index (Phi) is 3.50. The smallest absolute Gasteiger partial charge is 0.217 e. The van der Waals surface area contributed by atoms with Crippen molar-refractivity contribution in [2.24, 2.45) is 0 Å². The van der Waals surface area contributed by atoms with Crippen molar-refractivity contribution in [2.75, 3.05) is 13.1 Å². The molecule has 0 saturated carbocycles. The van der Waals surface area contributed by atoms with Gasteiger partial charge in [-0.05, 0) is 18.1 Å². The Hall–Kier alpha value is -1.43. The Bertz CT molecular complexity index is 496. The van der Waals surface area contributed by atoms with E-state index in [9.17, 15) is 9.90 Å². The standard InChI is InChI=1S/C15H20N2O3/c1-9(16-10(2)18)11-3-5-12(6-4-11)13-7-17(8-13)14-15(19)20-14/h3-6,9,13-15,19H,7-8H2,1-2H3,(H,16,18). The van der Waals surface area contributed by atoms with Gasteiger partial charge in [-0.2, -0.15) is 0 Å². The number of nitrogens with one attached hydrogen (secondary N) is 1. The minimum absolute atomic E-state index is 0.0146. The van der Waals surface area contributed by atoms with Crippen molar-refractivity contribution in [1.82, 2.24) is 10.2 Å². The first-order valence-electron chi connectivity index (χ1n) is 6.99. The van der Waals surface area contributed by atoms with Crippen LogP contribution in [0.1, 0.15) is 36.9 Å². The molecule has 108 valence electrons. The molecule has 2 aliphatic heterocycles. The number of aliphatic hydroxyl groups is 1. The highest BCUT2D eigenvalue weighted by molar-refractivity contribution is 5.73. The number of hydrogen-bond donors (Lipinski definition) is 2. The highest BCUT2D eigenvalue weighted by Gasteiger charge is 2.47. The van der Waals surface area contributed by atoms with Crippen molar-refractivity contribution < 1.29 is 14.6 Å². The van der Waals surface area contributed by atoms with Crippen LogP contribution in [-0.2, 0) is 9.53 Å². The van der Waals surface area contributed by atoms with Crippen LogP contribution in [0.15, 0.2) is 24.3 Å². The Balaban J connectivity index is 1.56. The number of nitrogens with zero attached hydrogens (tertiary/aromatic N) is 1. The summed E-state index contributed by atoms with van der Waals surface area (Å²) in [5.41, 5.74) is 2.41. The zero-order chi connectivity index (χ0) is 14.3. The largest absolute Gasteiger partial charge is 0.365 e. The lowest BCUT2D eigenvalue weighted by atomic mass is 9.90. The van der Waals surface area contributed by atoms with Crippen LogP contribution < -0.4 is 5.32 Å². The highest BCUT2D eigenvalue weighted by atomic mass is 16.7. The van der Waals surface area contributed by atoms with Crippen molar-refractivity contribution in [3.05, 3.63) is 35.4 Å². The van der Waals surface area contributed by atoms with E-state index in [2.05, 4.69) is 34.5 Å². The molecule has 5 heteroatoms. The van der Waals surface area contributed by atoms with Gasteiger partial charge >= 0.3 is 0 Å². The fourth-order valence-corrected chi connectivity index (χ4v) is 2.74. The molecule has 3 unspecified atom stereocenters. The number of rotatable bonds is 4. The molecule has 2 N–H and O–H groups in total. The van der Waals surface area contributed by atoms with Gasteiger partial charge in [0.1, 0.15) is 0 Å². The molecule has 0 spiro atoms. The van der Waals surface area contributed by atoms with Gasteiger partial charge in [0.15, 0.2) is 12.5 Å². The van der Waals surface area contributed by atoms with E-state index < -0.39 is 6.29 Å². The molecule has 2 heterocycles. The summed E-state index contributed by atoms with van der Waals surface area (Å²) >= 11 is 0. The zero-order valence-electron chi connectivity index (χ0n) is 11.7. The zero-order valence-corrected chi connectivity index (χ0v) is 11.7. The number of likely N-dealkylation sites (tertiary alicyclic amines) is 1. The molecule has 1 aromatic carbocycles. The van der Waals surface area contributed by atoms with Crippen LogP contribution in [-0.4, -0.2) is 41.5 Å². The molecule has 0 aliphatic carbocycles. The fourth-order valence-electron chi connectivity index (χ4n) is 2.74. The van der Waals surface area contributed by atoms with Gasteiger partial charge in [-0.15, -0.1) is 0 Å². The molecule has 1 amide bonds. The third-order valence-corrected chi connectivity index (χ3v) is 4.04. The Labute approximate surface area is 118 Å². The van der Waals surface area contributed by atoms with Crippen molar-refractivity contribution >= 4 is 5.91 Å². The number of carbonyl (C=O) groups excluding carboxylic acids is 1. The monoisotopic (exact) mass is 276 g/mol. The summed E-state index contributed by atoms with van der Waals surface area (Å²) in [5, 5.41) is 12.1. The van der Waals surface area contributed by atoms with E-state index >= 15 is 0 Å². The SMILES string of the molecule is CC(=O)NC(C)c1ccc(C2CN(C3OC3O)C2)cc1. The van der Waals surface area contributed by atoms with Crippen LogP contribution in [0.5, 0.6) is 0 Å². The second-order valence-electron chi connectivity index (χ2n) is 5.66. The molecule has 2 fully saturated rings. The lowest BCUT2D eigenvalue weighted by Crippen LogP contribution is -2.47. The van der Waals surface area contributed by atoms with Gasteiger partial charge in [-0.3, -0.25) is 9.69 Å². The maximum atomic E-state index is 11.0. The van der Waals surface area contributed by atoms with E-state index in [0.29, 0.717) is 5.92 Å². The second kappa shape index (κ2) is 5.16. The van der Waals surface area contributed by atoms with Gasteiger partial charge in [0, 0.05) is 25.9 Å². The van der Waals surface area contributed by atoms with Gasteiger partial charge in [-0.1, -0.05) is 24.3 Å². The van der Waals surface area contributed by atoms with Gasteiger partial charge in [0.2, 0.25) is 5.91 Å². The molecule has 20 heavy (non-hydrogen) atoms. The van der Waals surface area contributed by atoms with Gasteiger partial charge in [-0.25, -0.2) is 0 Å². The van der Waals surface area contributed by atoms with E-state index in [1.807, 2.05) is 6.92 Å². The molecule has 0 radical (unpaired) electrons. The summed E-state index contributed by atoms with van der Waals surface area (Å²) in [7, 11) is 0. The lowest BCUT2D eigenvalue weighted by Gasteiger charge is -2.38. The third-order valence-electron chi connectivity index (χ3n) is 4.04. The first-order valence-corrected chi connectivity index (χ1v) is 6.99. The predicted octanol–water partition coefficient (Wildman–Crippen LogP) is 0.958. The summed E-state index contributed by atoms with van der Waals surface area (Å²) in [4.78, 5) is 13.2. The number of amides is 1. The number of ether oxygens (including phenoxy) is 1. The van der Waals surface area contributed by atoms with Crippen LogP contribution in [0.4, 0.5) is 0 Å². The second-order valence-corrected chi connectivity index (χ2v) is 5.66. The maximum absolute atomic E-state index is 11.0. The first-order chi connectivity index (χ1) is 9.54. The first kappa shape index (κ1) is 13.5. The molecule has 0 bridgehead atoms. The molecular weight excluding hydrogens is 256 g/mol. The Morgan fingerprint density at radius 3 is 2.50 bits per heavy atom. The molecule has 0 aromatic heterocycles. The number of aliphatic hydroxyl groups excluding tert-OH is 1. The van der Waals surface area contributed by atoms with Crippen molar-refractivity contribution in [2.45, 2.75) is 38.3 Å². The summed E-state index contributed by atoms with van der Waals surface area (Å²) in [6.07, 6.45) is -0.665.